The fourth-order valence-electron chi connectivity index (χ4n) is 2.37. The summed E-state index contributed by atoms with van der Waals surface area (Å²) in [6, 6.07) is 6.96. The predicted molar refractivity (Wildman–Crippen MR) is 95.4 cm³/mol. The van der Waals surface area contributed by atoms with Crippen LogP contribution in [0.5, 0.6) is 0 Å². The highest BCUT2D eigenvalue weighted by Gasteiger charge is 2.28. The highest BCUT2D eigenvalue weighted by atomic mass is 79.9. The normalized spacial score (nSPS) is 12.1. The highest BCUT2D eigenvalue weighted by Crippen LogP contribution is 2.18. The summed E-state index contributed by atoms with van der Waals surface area (Å²) >= 11 is 3.29. The van der Waals surface area contributed by atoms with Crippen LogP contribution in [0.25, 0.3) is 0 Å². The van der Waals surface area contributed by atoms with Gasteiger partial charge in [-0.1, -0.05) is 29.8 Å². The number of hydrogen-bond acceptors (Lipinski definition) is 3. The molecule has 2 aromatic rings. The lowest BCUT2D eigenvalue weighted by molar-refractivity contribution is -0.133. The van der Waals surface area contributed by atoms with Crippen molar-refractivity contribution in [3.8, 4) is 0 Å². The van der Waals surface area contributed by atoms with Gasteiger partial charge in [-0.2, -0.15) is 0 Å². The van der Waals surface area contributed by atoms with Crippen LogP contribution in [0.3, 0.4) is 0 Å². The Bertz CT molecular complexity index is 747. The van der Waals surface area contributed by atoms with Gasteiger partial charge in [0.15, 0.2) is 5.76 Å². The zero-order valence-electron chi connectivity index (χ0n) is 14.3. The van der Waals surface area contributed by atoms with Crippen LogP contribution in [0.2, 0.25) is 0 Å². The zero-order chi connectivity index (χ0) is 18.6. The number of halogens is 2. The lowest BCUT2D eigenvalue weighted by Crippen LogP contribution is -2.50. The van der Waals surface area contributed by atoms with Crippen LogP contribution in [0.4, 0.5) is 4.39 Å². The first-order chi connectivity index (χ1) is 11.8. The number of rotatable bonds is 6. The zero-order valence-corrected chi connectivity index (χ0v) is 15.8. The Morgan fingerprint density at radius 1 is 1.32 bits per heavy atom. The van der Waals surface area contributed by atoms with Crippen LogP contribution in [-0.4, -0.2) is 29.8 Å². The van der Waals surface area contributed by atoms with Gasteiger partial charge in [-0.3, -0.25) is 9.59 Å². The molecule has 7 heteroatoms. The van der Waals surface area contributed by atoms with Gasteiger partial charge in [-0.15, -0.1) is 0 Å². The van der Waals surface area contributed by atoms with Crippen LogP contribution in [0.1, 0.15) is 30.0 Å². The second-order valence-corrected chi connectivity index (χ2v) is 7.02. The molecule has 2 amide bonds. The lowest BCUT2D eigenvalue weighted by atomic mass is 10.0. The fraction of sp³-hybridized carbons (Fsp3) is 0.333. The molecule has 134 valence electrons. The van der Waals surface area contributed by atoms with Crippen molar-refractivity contribution in [1.29, 1.82) is 0 Å². The minimum atomic E-state index is -0.738. The van der Waals surface area contributed by atoms with Gasteiger partial charge in [0.1, 0.15) is 11.9 Å². The van der Waals surface area contributed by atoms with Crippen LogP contribution in [-0.2, 0) is 11.3 Å². The third-order valence-corrected chi connectivity index (χ3v) is 4.25. The third-order valence-electron chi connectivity index (χ3n) is 3.76. The average Bonchev–Trinajstić information content (AvgIpc) is 3.09. The molecule has 0 aliphatic heterocycles. The number of hydrogen-bond donors (Lipinski definition) is 1. The summed E-state index contributed by atoms with van der Waals surface area (Å²) in [5.74, 6) is -1.14. The van der Waals surface area contributed by atoms with Crippen molar-refractivity contribution in [2.45, 2.75) is 26.4 Å². The summed E-state index contributed by atoms with van der Waals surface area (Å²) in [7, 11) is 1.58. The molecule has 0 saturated carbocycles. The number of amides is 2. The first-order valence-corrected chi connectivity index (χ1v) is 8.62. The molecule has 5 nitrogen and oxygen atoms in total. The first kappa shape index (κ1) is 19.2. The third kappa shape index (κ3) is 4.92. The smallest absolute Gasteiger partial charge is 0.287 e. The molecule has 0 saturated heterocycles. The summed E-state index contributed by atoms with van der Waals surface area (Å²) in [6.45, 7) is 3.76. The summed E-state index contributed by atoms with van der Waals surface area (Å²) < 4.78 is 19.7. The molecule has 0 aliphatic rings. The monoisotopic (exact) mass is 410 g/mol. The number of nitrogens with one attached hydrogen (secondary N) is 1. The standard InChI is InChI=1S/C18H20BrFN2O3/c1-11(2)16(21-17(23)15-5-4-8-25-15)18(24)22(3)10-12-9-13(19)6-7-14(12)20/h4-9,11,16H,10H2,1-3H3,(H,21,23). The number of carbonyl (C=O) groups is 2. The van der Waals surface area contributed by atoms with Gasteiger partial charge in [0, 0.05) is 23.6 Å². The van der Waals surface area contributed by atoms with Crippen molar-refractivity contribution in [2.75, 3.05) is 7.05 Å². The second kappa shape index (κ2) is 8.29. The van der Waals surface area contributed by atoms with E-state index in [0.717, 1.165) is 4.47 Å². The molecule has 1 N–H and O–H groups in total. The van der Waals surface area contributed by atoms with Gasteiger partial charge >= 0.3 is 0 Å². The summed E-state index contributed by atoms with van der Waals surface area (Å²) in [6.07, 6.45) is 1.39. The van der Waals surface area contributed by atoms with Crippen LogP contribution in [0, 0.1) is 11.7 Å². The maximum Gasteiger partial charge on any atom is 0.287 e. The van der Waals surface area contributed by atoms with E-state index in [2.05, 4.69) is 21.2 Å². The van der Waals surface area contributed by atoms with Crippen molar-refractivity contribution in [3.05, 3.63) is 58.2 Å². The van der Waals surface area contributed by atoms with Gasteiger partial charge in [0.25, 0.3) is 5.91 Å². The maximum absolute atomic E-state index is 13.9. The molecule has 0 bridgehead atoms. The number of furan rings is 1. The van der Waals surface area contributed by atoms with E-state index in [-0.39, 0.29) is 29.9 Å². The Balaban J connectivity index is 2.10. The van der Waals surface area contributed by atoms with Crippen molar-refractivity contribution in [2.24, 2.45) is 5.92 Å². The molecular formula is C18H20BrFN2O3. The summed E-state index contributed by atoms with van der Waals surface area (Å²) in [5.41, 5.74) is 0.394. The van der Waals surface area contributed by atoms with Gasteiger partial charge in [-0.25, -0.2) is 4.39 Å². The summed E-state index contributed by atoms with van der Waals surface area (Å²) in [4.78, 5) is 26.3. The van der Waals surface area contributed by atoms with Crippen molar-refractivity contribution in [1.82, 2.24) is 10.2 Å². The first-order valence-electron chi connectivity index (χ1n) is 7.83. The SMILES string of the molecule is CC(C)C(NC(=O)c1ccco1)C(=O)N(C)Cc1cc(Br)ccc1F. The minimum absolute atomic E-state index is 0.101. The topological polar surface area (TPSA) is 62.6 Å². The highest BCUT2D eigenvalue weighted by molar-refractivity contribution is 9.10. The van der Waals surface area contributed by atoms with E-state index in [1.54, 1.807) is 25.2 Å². The molecule has 0 radical (unpaired) electrons. The molecule has 0 fully saturated rings. The van der Waals surface area contributed by atoms with E-state index in [9.17, 15) is 14.0 Å². The number of nitrogens with zero attached hydrogens (tertiary/aromatic N) is 1. The fourth-order valence-corrected chi connectivity index (χ4v) is 2.78. The van der Waals surface area contributed by atoms with E-state index in [4.69, 9.17) is 4.42 Å². The van der Waals surface area contributed by atoms with Crippen LogP contribution >= 0.6 is 15.9 Å². The van der Waals surface area contributed by atoms with Gasteiger partial charge in [-0.05, 0) is 36.2 Å². The van der Waals surface area contributed by atoms with Crippen molar-refractivity contribution < 1.29 is 18.4 Å². The van der Waals surface area contributed by atoms with Gasteiger partial charge in [0.2, 0.25) is 5.91 Å². The minimum Gasteiger partial charge on any atom is -0.459 e. The van der Waals surface area contributed by atoms with E-state index in [0.29, 0.717) is 5.56 Å². The average molecular weight is 411 g/mol. The van der Waals surface area contributed by atoms with E-state index in [1.165, 1.54) is 23.3 Å². The number of likely N-dealkylation sites (N-methyl/N-ethyl adjacent to an activating group) is 1. The molecule has 2 rings (SSSR count). The molecule has 0 aliphatic carbocycles. The Hall–Kier alpha value is -2.15. The van der Waals surface area contributed by atoms with Crippen LogP contribution in [0.15, 0.2) is 45.5 Å². The summed E-state index contributed by atoms with van der Waals surface area (Å²) in [5, 5.41) is 2.68. The molecule has 1 aromatic carbocycles. The van der Waals surface area contributed by atoms with Crippen LogP contribution < -0.4 is 5.32 Å². The molecule has 0 spiro atoms. The largest absolute Gasteiger partial charge is 0.459 e. The Morgan fingerprint density at radius 2 is 2.04 bits per heavy atom. The number of benzene rings is 1. The van der Waals surface area contributed by atoms with E-state index in [1.807, 2.05) is 13.8 Å². The molecule has 1 aromatic heterocycles. The van der Waals surface area contributed by atoms with Crippen molar-refractivity contribution >= 4 is 27.7 Å². The lowest BCUT2D eigenvalue weighted by Gasteiger charge is -2.27. The Morgan fingerprint density at radius 3 is 2.64 bits per heavy atom. The Kier molecular flexibility index (Phi) is 6.36. The molecule has 25 heavy (non-hydrogen) atoms. The van der Waals surface area contributed by atoms with E-state index < -0.39 is 11.9 Å². The van der Waals surface area contributed by atoms with Crippen molar-refractivity contribution in [3.63, 3.8) is 0 Å². The van der Waals surface area contributed by atoms with Gasteiger partial charge in [0.05, 0.1) is 6.26 Å². The Labute approximate surface area is 154 Å². The predicted octanol–water partition coefficient (Wildman–Crippen LogP) is 3.59. The quantitative estimate of drug-likeness (QED) is 0.791. The molecular weight excluding hydrogens is 391 g/mol. The molecule has 1 unspecified atom stereocenters. The maximum atomic E-state index is 13.9. The second-order valence-electron chi connectivity index (χ2n) is 6.10. The number of carbonyl (C=O) groups excluding carboxylic acids is 2. The van der Waals surface area contributed by atoms with E-state index >= 15 is 0 Å². The molecule has 1 atom stereocenters. The molecule has 1 heterocycles. The van der Waals surface area contributed by atoms with Gasteiger partial charge < -0.3 is 14.6 Å².